The number of hydrogen-bond acceptors (Lipinski definition) is 4. The second-order valence-electron chi connectivity index (χ2n) is 8.86. The molecule has 0 atom stereocenters. The minimum absolute atomic E-state index is 0.0531. The number of hydrogen-bond donors (Lipinski definition) is 2. The first-order valence-corrected chi connectivity index (χ1v) is 12.2. The molecule has 0 spiro atoms. The Kier molecular flexibility index (Phi) is 5.96. The number of nitrogens with two attached hydrogens (primary N) is 1. The minimum Gasteiger partial charge on any atom is -0.399 e. The number of nitrogens with zero attached hydrogens (tertiary/aromatic N) is 2. The van der Waals surface area contributed by atoms with Gasteiger partial charge in [-0.1, -0.05) is 53.4 Å². The Morgan fingerprint density at radius 3 is 2.59 bits per heavy atom. The van der Waals surface area contributed by atoms with Crippen LogP contribution in [0.5, 0.6) is 0 Å². The number of fused-ring (bicyclic) bond motifs is 3. The summed E-state index contributed by atoms with van der Waals surface area (Å²) >= 11 is 3.44. The first kappa shape index (κ1) is 21.1. The molecule has 32 heavy (non-hydrogen) atoms. The van der Waals surface area contributed by atoms with E-state index in [1.54, 1.807) is 0 Å². The Morgan fingerprint density at radius 2 is 1.81 bits per heavy atom. The van der Waals surface area contributed by atoms with Crippen LogP contribution in [0.15, 0.2) is 46.9 Å². The molecule has 0 bridgehead atoms. The van der Waals surface area contributed by atoms with Gasteiger partial charge < -0.3 is 11.1 Å². The fourth-order valence-electron chi connectivity index (χ4n) is 4.89. The van der Waals surface area contributed by atoms with Crippen molar-refractivity contribution >= 4 is 33.3 Å². The van der Waals surface area contributed by atoms with Crippen molar-refractivity contribution in [1.29, 1.82) is 0 Å². The fourth-order valence-corrected chi connectivity index (χ4v) is 5.16. The number of nitrogen functional groups attached to an aromatic ring is 1. The lowest BCUT2D eigenvalue weighted by Gasteiger charge is -2.26. The van der Waals surface area contributed by atoms with Gasteiger partial charge in [-0.05, 0) is 61.1 Å². The molecule has 2 aliphatic carbocycles. The molecule has 1 heterocycles. The van der Waals surface area contributed by atoms with E-state index >= 15 is 0 Å². The number of aryl methyl sites for hydroxylation is 2. The smallest absolute Gasteiger partial charge is 0.229 e. The molecule has 164 valence electrons. The van der Waals surface area contributed by atoms with Crippen LogP contribution in [0.1, 0.15) is 60.5 Å². The summed E-state index contributed by atoms with van der Waals surface area (Å²) < 4.78 is 1.00. The number of carbonyl (C=O) groups is 1. The van der Waals surface area contributed by atoms with E-state index in [2.05, 4.69) is 27.3 Å². The van der Waals surface area contributed by atoms with Crippen LogP contribution in [0.4, 0.5) is 11.5 Å². The molecular weight excluding hydrogens is 464 g/mol. The molecule has 3 N–H and O–H groups in total. The Bertz CT molecular complexity index is 1150. The molecule has 3 aromatic rings. The van der Waals surface area contributed by atoms with E-state index in [-0.39, 0.29) is 5.91 Å². The SMILES string of the molecule is Nc1ccc2c(c1)CCc1nc(NC(=O)Cc3ccc(Br)cc3)c(C3CCCCC3)nc1-2. The molecule has 0 unspecified atom stereocenters. The van der Waals surface area contributed by atoms with E-state index in [1.165, 1.54) is 24.8 Å². The average Bonchev–Trinajstić information content (AvgIpc) is 2.80. The van der Waals surface area contributed by atoms with E-state index in [9.17, 15) is 4.79 Å². The number of halogens is 1. The van der Waals surface area contributed by atoms with E-state index in [0.717, 1.165) is 64.1 Å². The Hall–Kier alpha value is -2.73. The van der Waals surface area contributed by atoms with Crippen molar-refractivity contribution in [3.8, 4) is 11.3 Å². The normalized spacial score (nSPS) is 15.7. The molecule has 0 radical (unpaired) electrons. The number of aromatic nitrogens is 2. The number of anilines is 2. The number of rotatable bonds is 4. The summed E-state index contributed by atoms with van der Waals surface area (Å²) in [6.07, 6.45) is 7.86. The molecule has 6 heteroatoms. The maximum absolute atomic E-state index is 12.9. The first-order chi connectivity index (χ1) is 15.6. The highest BCUT2D eigenvalue weighted by atomic mass is 79.9. The summed E-state index contributed by atoms with van der Waals surface area (Å²) in [6.45, 7) is 0. The second-order valence-corrected chi connectivity index (χ2v) is 9.77. The molecule has 0 saturated heterocycles. The molecule has 2 aliphatic rings. The predicted molar refractivity (Wildman–Crippen MR) is 132 cm³/mol. The highest BCUT2D eigenvalue weighted by Crippen LogP contribution is 2.39. The highest BCUT2D eigenvalue weighted by molar-refractivity contribution is 9.10. The van der Waals surface area contributed by atoms with Crippen molar-refractivity contribution in [1.82, 2.24) is 9.97 Å². The lowest BCUT2D eigenvalue weighted by molar-refractivity contribution is -0.115. The van der Waals surface area contributed by atoms with Crippen LogP contribution in [-0.2, 0) is 24.1 Å². The molecule has 5 rings (SSSR count). The third kappa shape index (κ3) is 4.42. The number of benzene rings is 2. The summed E-state index contributed by atoms with van der Waals surface area (Å²) in [5.41, 5.74) is 13.0. The molecule has 5 nitrogen and oxygen atoms in total. The van der Waals surface area contributed by atoms with Crippen LogP contribution in [0.2, 0.25) is 0 Å². The zero-order valence-corrected chi connectivity index (χ0v) is 19.6. The van der Waals surface area contributed by atoms with Crippen LogP contribution in [0.25, 0.3) is 11.3 Å². The van der Waals surface area contributed by atoms with E-state index in [0.29, 0.717) is 18.2 Å². The zero-order valence-electron chi connectivity index (χ0n) is 18.0. The van der Waals surface area contributed by atoms with Crippen molar-refractivity contribution in [2.45, 2.75) is 57.3 Å². The van der Waals surface area contributed by atoms with Gasteiger partial charge in [0.05, 0.1) is 23.5 Å². The zero-order chi connectivity index (χ0) is 22.1. The topological polar surface area (TPSA) is 80.9 Å². The summed E-state index contributed by atoms with van der Waals surface area (Å²) in [5, 5.41) is 3.11. The van der Waals surface area contributed by atoms with Crippen molar-refractivity contribution in [2.24, 2.45) is 0 Å². The first-order valence-electron chi connectivity index (χ1n) is 11.4. The van der Waals surface area contributed by atoms with Gasteiger partial charge in [0.25, 0.3) is 0 Å². The number of carbonyl (C=O) groups excluding carboxylic acids is 1. The van der Waals surface area contributed by atoms with E-state index in [1.807, 2.05) is 36.4 Å². The standard InChI is InChI=1S/C26H27BrN4O/c27-19-9-6-16(7-10-19)14-23(32)30-26-24(17-4-2-1-3-5-17)31-25-21-12-11-20(28)15-18(21)8-13-22(25)29-26/h6-7,9-12,15,17H,1-5,8,13-14,28H2,(H,29,30,32). The number of nitrogens with one attached hydrogen (secondary N) is 1. The van der Waals surface area contributed by atoms with Crippen LogP contribution in [0, 0.1) is 0 Å². The third-order valence-electron chi connectivity index (χ3n) is 6.54. The largest absolute Gasteiger partial charge is 0.399 e. The van der Waals surface area contributed by atoms with Gasteiger partial charge in [-0.3, -0.25) is 4.79 Å². The molecular formula is C26H27BrN4O. The van der Waals surface area contributed by atoms with Gasteiger partial charge in [-0.25, -0.2) is 9.97 Å². The monoisotopic (exact) mass is 490 g/mol. The predicted octanol–water partition coefficient (Wildman–Crippen LogP) is 5.82. The van der Waals surface area contributed by atoms with Crippen molar-refractivity contribution in [3.63, 3.8) is 0 Å². The van der Waals surface area contributed by atoms with Gasteiger partial charge in [-0.2, -0.15) is 0 Å². The quantitative estimate of drug-likeness (QED) is 0.451. The Balaban J connectivity index is 1.49. The molecule has 1 amide bonds. The summed E-state index contributed by atoms with van der Waals surface area (Å²) in [5.74, 6) is 0.933. The highest BCUT2D eigenvalue weighted by Gasteiger charge is 2.27. The van der Waals surface area contributed by atoms with Crippen molar-refractivity contribution in [2.75, 3.05) is 11.1 Å². The van der Waals surface area contributed by atoms with Crippen molar-refractivity contribution in [3.05, 3.63) is 69.5 Å². The maximum Gasteiger partial charge on any atom is 0.229 e. The number of amides is 1. The van der Waals surface area contributed by atoms with Gasteiger partial charge >= 0.3 is 0 Å². The summed E-state index contributed by atoms with van der Waals surface area (Å²) in [4.78, 5) is 23.0. The van der Waals surface area contributed by atoms with Gasteiger partial charge in [0.15, 0.2) is 5.82 Å². The lowest BCUT2D eigenvalue weighted by atomic mass is 9.85. The summed E-state index contributed by atoms with van der Waals surface area (Å²) in [7, 11) is 0. The van der Waals surface area contributed by atoms with Gasteiger partial charge in [0.2, 0.25) is 5.91 Å². The molecule has 1 saturated carbocycles. The summed E-state index contributed by atoms with van der Waals surface area (Å²) in [6, 6.07) is 13.9. The lowest BCUT2D eigenvalue weighted by Crippen LogP contribution is -2.21. The molecule has 1 fully saturated rings. The molecule has 1 aromatic heterocycles. The molecule has 2 aromatic carbocycles. The Labute approximate surface area is 197 Å². The van der Waals surface area contributed by atoms with E-state index < -0.39 is 0 Å². The third-order valence-corrected chi connectivity index (χ3v) is 7.07. The van der Waals surface area contributed by atoms with Gasteiger partial charge in [0.1, 0.15) is 0 Å². The van der Waals surface area contributed by atoms with E-state index in [4.69, 9.17) is 15.7 Å². The van der Waals surface area contributed by atoms with Crippen molar-refractivity contribution < 1.29 is 4.79 Å². The molecule has 0 aliphatic heterocycles. The second kappa shape index (κ2) is 9.02. The minimum atomic E-state index is -0.0531. The van der Waals surface area contributed by atoms with Crippen LogP contribution < -0.4 is 11.1 Å². The van der Waals surface area contributed by atoms with Gasteiger partial charge in [-0.15, -0.1) is 0 Å². The van der Waals surface area contributed by atoms with Crippen LogP contribution >= 0.6 is 15.9 Å². The Morgan fingerprint density at radius 1 is 1.03 bits per heavy atom. The average molecular weight is 491 g/mol. The maximum atomic E-state index is 12.9. The van der Waals surface area contributed by atoms with Gasteiger partial charge in [0, 0.05) is 21.6 Å². The fraction of sp³-hybridized carbons (Fsp3) is 0.346. The van der Waals surface area contributed by atoms with Crippen LogP contribution in [-0.4, -0.2) is 15.9 Å². The van der Waals surface area contributed by atoms with Crippen LogP contribution in [0.3, 0.4) is 0 Å².